The summed E-state index contributed by atoms with van der Waals surface area (Å²) in [4.78, 5) is 3.39. The molecule has 0 N–H and O–H groups in total. The van der Waals surface area contributed by atoms with Crippen molar-refractivity contribution in [1.82, 2.24) is 4.98 Å². The minimum Gasteiger partial charge on any atom is -0.251 e. The minimum atomic E-state index is -4.70. The lowest BCUT2D eigenvalue weighted by atomic mass is 9.96. The Hall–Kier alpha value is -1.48. The number of halogens is 6. The van der Waals surface area contributed by atoms with Gasteiger partial charge in [0.05, 0.1) is 27.6 Å². The Morgan fingerprint density at radius 3 is 2.36 bits per heavy atom. The Bertz CT molecular complexity index is 767. The van der Waals surface area contributed by atoms with Crippen LogP contribution < -0.4 is 0 Å². The molecule has 0 aliphatic heterocycles. The van der Waals surface area contributed by atoms with Crippen molar-refractivity contribution in [1.29, 1.82) is 5.26 Å². The van der Waals surface area contributed by atoms with Crippen LogP contribution in [0.2, 0.25) is 15.1 Å². The van der Waals surface area contributed by atoms with E-state index < -0.39 is 11.9 Å². The number of benzene rings is 1. The third-order valence-corrected chi connectivity index (χ3v) is 4.17. The molecule has 0 atom stereocenters. The summed E-state index contributed by atoms with van der Waals surface area (Å²) in [6.45, 7) is 0. The maximum atomic E-state index is 13.2. The zero-order valence-corrected chi connectivity index (χ0v) is 12.9. The second-order valence-corrected chi connectivity index (χ2v) is 5.41. The zero-order valence-electron chi connectivity index (χ0n) is 10.7. The number of aromatic nitrogens is 1. The molecular weight excluding hydrogens is 360 g/mol. The smallest absolute Gasteiger partial charge is 0.251 e. The molecule has 0 bridgehead atoms. The van der Waals surface area contributed by atoms with E-state index in [2.05, 4.69) is 4.98 Å². The van der Waals surface area contributed by atoms with E-state index in [0.717, 1.165) is 6.20 Å². The molecule has 0 fully saturated rings. The Morgan fingerprint density at radius 2 is 1.77 bits per heavy atom. The van der Waals surface area contributed by atoms with Crippen LogP contribution in [0.25, 0.3) is 11.1 Å². The summed E-state index contributed by atoms with van der Waals surface area (Å²) >= 11 is 17.7. The number of nitriles is 1. The van der Waals surface area contributed by atoms with Gasteiger partial charge in [0.15, 0.2) is 5.69 Å². The summed E-state index contributed by atoms with van der Waals surface area (Å²) in [5.41, 5.74) is -1.20. The topological polar surface area (TPSA) is 36.7 Å². The van der Waals surface area contributed by atoms with Crippen LogP contribution in [-0.2, 0) is 12.6 Å². The normalized spacial score (nSPS) is 11.3. The van der Waals surface area contributed by atoms with Crippen LogP contribution >= 0.6 is 34.8 Å². The predicted molar refractivity (Wildman–Crippen MR) is 79.0 cm³/mol. The van der Waals surface area contributed by atoms with Crippen molar-refractivity contribution in [2.75, 3.05) is 0 Å². The first kappa shape index (κ1) is 16.9. The minimum absolute atomic E-state index is 0.0294. The fourth-order valence-electron chi connectivity index (χ4n) is 1.97. The molecule has 8 heteroatoms. The van der Waals surface area contributed by atoms with E-state index in [-0.39, 0.29) is 38.2 Å². The molecule has 114 valence electrons. The van der Waals surface area contributed by atoms with Crippen LogP contribution in [0, 0.1) is 11.3 Å². The monoisotopic (exact) mass is 364 g/mol. The summed E-state index contributed by atoms with van der Waals surface area (Å²) in [7, 11) is 0. The van der Waals surface area contributed by atoms with E-state index in [0.29, 0.717) is 0 Å². The number of alkyl halides is 3. The summed E-state index contributed by atoms with van der Waals surface area (Å²) in [6, 6.07) is 5.83. The van der Waals surface area contributed by atoms with Gasteiger partial charge in [-0.25, -0.2) is 0 Å². The molecule has 1 heterocycles. The standard InChI is InChI=1S/C14H6Cl3F3N2/c15-9-2-1-8(11(16)12(9)17)10-7(3-5-21)4-6-22-13(10)14(18,19)20/h1-2,4,6H,3H2. The lowest BCUT2D eigenvalue weighted by Gasteiger charge is -2.16. The van der Waals surface area contributed by atoms with Crippen LogP contribution in [0.3, 0.4) is 0 Å². The van der Waals surface area contributed by atoms with E-state index in [9.17, 15) is 13.2 Å². The van der Waals surface area contributed by atoms with Crippen molar-refractivity contribution in [3.8, 4) is 17.2 Å². The molecule has 0 saturated carbocycles. The lowest BCUT2D eigenvalue weighted by molar-refractivity contribution is -0.140. The molecule has 0 radical (unpaired) electrons. The number of pyridine rings is 1. The van der Waals surface area contributed by atoms with Crippen molar-refractivity contribution < 1.29 is 13.2 Å². The summed E-state index contributed by atoms with van der Waals surface area (Å²) < 4.78 is 39.7. The van der Waals surface area contributed by atoms with Gasteiger partial charge in [0.25, 0.3) is 0 Å². The quantitative estimate of drug-likeness (QED) is 0.631. The van der Waals surface area contributed by atoms with Crippen molar-refractivity contribution in [3.05, 3.63) is 50.7 Å². The van der Waals surface area contributed by atoms with E-state index in [1.807, 2.05) is 6.07 Å². The molecule has 0 saturated heterocycles. The maximum absolute atomic E-state index is 13.2. The second kappa shape index (κ2) is 6.33. The van der Waals surface area contributed by atoms with E-state index in [1.54, 1.807) is 0 Å². The third kappa shape index (κ3) is 3.14. The Morgan fingerprint density at radius 1 is 1.09 bits per heavy atom. The Kier molecular flexibility index (Phi) is 4.86. The lowest BCUT2D eigenvalue weighted by Crippen LogP contribution is -2.12. The summed E-state index contributed by atoms with van der Waals surface area (Å²) in [6.07, 6.45) is -3.92. The van der Waals surface area contributed by atoms with Crippen LogP contribution in [0.1, 0.15) is 11.3 Å². The Labute approximate surface area is 139 Å². The number of rotatable bonds is 2. The highest BCUT2D eigenvalue weighted by molar-refractivity contribution is 6.49. The molecule has 0 unspecified atom stereocenters. The van der Waals surface area contributed by atoms with Gasteiger partial charge in [0.1, 0.15) is 0 Å². The molecule has 0 aliphatic rings. The zero-order chi connectivity index (χ0) is 16.5. The first-order valence-electron chi connectivity index (χ1n) is 5.83. The van der Waals surface area contributed by atoms with Crippen molar-refractivity contribution in [2.24, 2.45) is 0 Å². The van der Waals surface area contributed by atoms with Gasteiger partial charge in [-0.3, -0.25) is 4.98 Å². The first-order chi connectivity index (χ1) is 10.3. The van der Waals surface area contributed by atoms with Crippen molar-refractivity contribution in [3.63, 3.8) is 0 Å². The molecule has 0 spiro atoms. The largest absolute Gasteiger partial charge is 0.433 e. The van der Waals surface area contributed by atoms with Crippen LogP contribution in [0.4, 0.5) is 13.2 Å². The maximum Gasteiger partial charge on any atom is 0.433 e. The molecule has 2 aromatic rings. The van der Waals surface area contributed by atoms with Crippen molar-refractivity contribution in [2.45, 2.75) is 12.6 Å². The molecule has 0 aliphatic carbocycles. The van der Waals surface area contributed by atoms with Gasteiger partial charge in [-0.2, -0.15) is 18.4 Å². The average molecular weight is 366 g/mol. The van der Waals surface area contributed by atoms with Gasteiger partial charge >= 0.3 is 6.18 Å². The molecule has 1 aromatic carbocycles. The van der Waals surface area contributed by atoms with Gasteiger partial charge in [0.2, 0.25) is 0 Å². The highest BCUT2D eigenvalue weighted by Crippen LogP contribution is 2.43. The van der Waals surface area contributed by atoms with Crippen molar-refractivity contribution >= 4 is 34.8 Å². The third-order valence-electron chi connectivity index (χ3n) is 2.88. The molecular formula is C14H6Cl3F3N2. The molecule has 22 heavy (non-hydrogen) atoms. The molecule has 2 nitrogen and oxygen atoms in total. The second-order valence-electron chi connectivity index (χ2n) is 4.25. The SMILES string of the molecule is N#CCc1ccnc(C(F)(F)F)c1-c1ccc(Cl)c(Cl)c1Cl. The highest BCUT2D eigenvalue weighted by atomic mass is 35.5. The highest BCUT2D eigenvalue weighted by Gasteiger charge is 2.37. The predicted octanol–water partition coefficient (Wildman–Crippen LogP) is 5.79. The number of nitrogens with zero attached hydrogens (tertiary/aromatic N) is 2. The number of hydrogen-bond donors (Lipinski definition) is 0. The fourth-order valence-corrected chi connectivity index (χ4v) is 2.60. The summed E-state index contributed by atoms with van der Waals surface area (Å²) in [5.74, 6) is 0. The van der Waals surface area contributed by atoms with E-state index in [1.165, 1.54) is 18.2 Å². The molecule has 2 rings (SSSR count). The van der Waals surface area contributed by atoms with Gasteiger partial charge in [0, 0.05) is 17.3 Å². The van der Waals surface area contributed by atoms with Gasteiger partial charge < -0.3 is 0 Å². The van der Waals surface area contributed by atoms with E-state index >= 15 is 0 Å². The Balaban J connectivity index is 2.84. The van der Waals surface area contributed by atoms with Gasteiger partial charge in [-0.1, -0.05) is 40.9 Å². The number of hydrogen-bond acceptors (Lipinski definition) is 2. The van der Waals surface area contributed by atoms with Gasteiger partial charge in [-0.05, 0) is 17.7 Å². The van der Waals surface area contributed by atoms with Crippen LogP contribution in [0.15, 0.2) is 24.4 Å². The fraction of sp³-hybridized carbons (Fsp3) is 0.143. The first-order valence-corrected chi connectivity index (χ1v) is 6.96. The molecule has 1 aromatic heterocycles. The summed E-state index contributed by atoms with van der Waals surface area (Å²) in [5, 5.41) is 8.77. The molecule has 0 amide bonds. The van der Waals surface area contributed by atoms with Crippen LogP contribution in [0.5, 0.6) is 0 Å². The van der Waals surface area contributed by atoms with E-state index in [4.69, 9.17) is 40.1 Å². The average Bonchev–Trinajstić information content (AvgIpc) is 2.45. The van der Waals surface area contributed by atoms with Gasteiger partial charge in [-0.15, -0.1) is 0 Å². The van der Waals surface area contributed by atoms with Crippen LogP contribution in [-0.4, -0.2) is 4.98 Å².